The molecule has 1 aromatic carbocycles. The lowest BCUT2D eigenvalue weighted by Crippen LogP contribution is -2.04. The number of anilines is 2. The van der Waals surface area contributed by atoms with Crippen LogP contribution >= 0.6 is 11.6 Å². The van der Waals surface area contributed by atoms with Crippen molar-refractivity contribution in [3.8, 4) is 11.5 Å². The number of nitrogens with one attached hydrogen (secondary N) is 1. The molecule has 2 aromatic rings. The van der Waals surface area contributed by atoms with E-state index in [2.05, 4.69) is 10.3 Å². The fourth-order valence-corrected chi connectivity index (χ4v) is 1.91. The normalized spacial score (nSPS) is 10.0. The van der Waals surface area contributed by atoms with Gasteiger partial charge in [-0.25, -0.2) is 9.78 Å². The van der Waals surface area contributed by atoms with Gasteiger partial charge in [0.1, 0.15) is 5.82 Å². The summed E-state index contributed by atoms with van der Waals surface area (Å²) in [5.41, 5.74) is 0.473. The minimum absolute atomic E-state index is 0.0837. The molecule has 0 radical (unpaired) electrons. The number of hydrogen-bond donors (Lipinski definition) is 2. The third-order valence-corrected chi connectivity index (χ3v) is 3.01. The Morgan fingerprint density at radius 3 is 2.52 bits per heavy atom. The monoisotopic (exact) mass is 308 g/mol. The highest BCUT2D eigenvalue weighted by Crippen LogP contribution is 2.31. The summed E-state index contributed by atoms with van der Waals surface area (Å²) < 4.78 is 10.3. The molecule has 0 amide bonds. The zero-order valence-electron chi connectivity index (χ0n) is 11.4. The predicted octanol–water partition coefficient (Wildman–Crippen LogP) is 3.19. The van der Waals surface area contributed by atoms with Crippen molar-refractivity contribution in [2.75, 3.05) is 19.5 Å². The van der Waals surface area contributed by atoms with Gasteiger partial charge >= 0.3 is 5.97 Å². The smallest absolute Gasteiger partial charge is 0.356 e. The van der Waals surface area contributed by atoms with Gasteiger partial charge in [-0.05, 0) is 24.3 Å². The largest absolute Gasteiger partial charge is 0.493 e. The molecule has 6 nitrogen and oxygen atoms in total. The van der Waals surface area contributed by atoms with Crippen molar-refractivity contribution in [1.29, 1.82) is 0 Å². The molecule has 1 aromatic heterocycles. The van der Waals surface area contributed by atoms with Gasteiger partial charge in [-0.3, -0.25) is 0 Å². The Hall–Kier alpha value is -2.47. The molecule has 7 heteroatoms. The van der Waals surface area contributed by atoms with Crippen molar-refractivity contribution in [3.63, 3.8) is 0 Å². The predicted molar refractivity (Wildman–Crippen MR) is 79.0 cm³/mol. The Morgan fingerprint density at radius 2 is 1.90 bits per heavy atom. The molecule has 0 saturated heterocycles. The van der Waals surface area contributed by atoms with Gasteiger partial charge in [0.2, 0.25) is 0 Å². The van der Waals surface area contributed by atoms with Crippen LogP contribution in [0, 0.1) is 0 Å². The number of aromatic carboxylic acids is 1. The third-order valence-electron chi connectivity index (χ3n) is 2.70. The number of carbonyl (C=O) groups is 1. The molecule has 0 spiro atoms. The number of aromatic nitrogens is 1. The molecule has 0 unspecified atom stereocenters. The van der Waals surface area contributed by atoms with Gasteiger partial charge in [-0.2, -0.15) is 0 Å². The summed E-state index contributed by atoms with van der Waals surface area (Å²) in [6.45, 7) is 0. The lowest BCUT2D eigenvalue weighted by molar-refractivity contribution is 0.0691. The molecule has 0 saturated carbocycles. The summed E-state index contributed by atoms with van der Waals surface area (Å²) in [6, 6.07) is 8.27. The topological polar surface area (TPSA) is 80.7 Å². The van der Waals surface area contributed by atoms with E-state index in [0.717, 1.165) is 0 Å². The molecule has 21 heavy (non-hydrogen) atoms. The van der Waals surface area contributed by atoms with E-state index in [1.54, 1.807) is 31.4 Å². The maximum atomic E-state index is 11.0. The Kier molecular flexibility index (Phi) is 4.49. The van der Waals surface area contributed by atoms with Crippen molar-refractivity contribution in [2.24, 2.45) is 0 Å². The second-order valence-electron chi connectivity index (χ2n) is 4.03. The van der Waals surface area contributed by atoms with E-state index in [4.69, 9.17) is 26.2 Å². The lowest BCUT2D eigenvalue weighted by atomic mass is 10.2. The zero-order valence-corrected chi connectivity index (χ0v) is 12.1. The minimum atomic E-state index is -1.18. The quantitative estimate of drug-likeness (QED) is 0.883. The molecule has 110 valence electrons. The van der Waals surface area contributed by atoms with Crippen LogP contribution in [0.2, 0.25) is 5.02 Å². The summed E-state index contributed by atoms with van der Waals surface area (Å²) >= 11 is 5.77. The molecule has 1 heterocycles. The van der Waals surface area contributed by atoms with Crippen LogP contribution in [0.25, 0.3) is 0 Å². The molecule has 2 N–H and O–H groups in total. The highest BCUT2D eigenvalue weighted by Gasteiger charge is 2.12. The Balaban J connectivity index is 2.30. The Morgan fingerprint density at radius 1 is 1.19 bits per heavy atom. The molecule has 0 bridgehead atoms. The van der Waals surface area contributed by atoms with E-state index in [0.29, 0.717) is 23.0 Å². The van der Waals surface area contributed by atoms with Gasteiger partial charge in [-0.15, -0.1) is 0 Å². The zero-order chi connectivity index (χ0) is 15.4. The molecular formula is C14H13ClN2O4. The van der Waals surface area contributed by atoms with Crippen LogP contribution < -0.4 is 14.8 Å². The molecule has 0 aliphatic heterocycles. The van der Waals surface area contributed by atoms with Gasteiger partial charge in [0, 0.05) is 11.8 Å². The van der Waals surface area contributed by atoms with Gasteiger partial charge in [0.25, 0.3) is 0 Å². The van der Waals surface area contributed by atoms with Gasteiger partial charge < -0.3 is 19.9 Å². The number of pyridine rings is 1. The molecule has 0 aliphatic carbocycles. The Labute approximate surface area is 126 Å². The van der Waals surface area contributed by atoms with Crippen LogP contribution in [-0.2, 0) is 0 Å². The summed E-state index contributed by atoms with van der Waals surface area (Å²) in [7, 11) is 3.08. The second-order valence-corrected chi connectivity index (χ2v) is 4.43. The number of halogens is 1. The van der Waals surface area contributed by atoms with Crippen LogP contribution in [0.5, 0.6) is 11.5 Å². The van der Waals surface area contributed by atoms with E-state index in [9.17, 15) is 4.79 Å². The van der Waals surface area contributed by atoms with E-state index in [-0.39, 0.29) is 10.7 Å². The first-order valence-electron chi connectivity index (χ1n) is 5.94. The molecular weight excluding hydrogens is 296 g/mol. The third kappa shape index (κ3) is 3.35. The average molecular weight is 309 g/mol. The van der Waals surface area contributed by atoms with E-state index in [1.165, 1.54) is 13.2 Å². The number of hydrogen-bond acceptors (Lipinski definition) is 5. The van der Waals surface area contributed by atoms with Crippen LogP contribution in [0.4, 0.5) is 11.5 Å². The first-order valence-corrected chi connectivity index (χ1v) is 6.32. The van der Waals surface area contributed by atoms with E-state index in [1.807, 2.05) is 0 Å². The Bertz CT molecular complexity index is 676. The first kappa shape index (κ1) is 14.9. The standard InChI is InChI=1S/C14H13ClN2O4/c1-20-10-5-3-8(7-11(10)21-2)16-12-6-4-9(15)13(17-12)14(18)19/h3-7H,1-2H3,(H,16,17)(H,18,19). The SMILES string of the molecule is COc1ccc(Nc2ccc(Cl)c(C(=O)O)n2)cc1OC. The van der Waals surface area contributed by atoms with Crippen LogP contribution in [0.1, 0.15) is 10.5 Å². The second kappa shape index (κ2) is 6.32. The molecule has 2 rings (SSSR count). The van der Waals surface area contributed by atoms with Crippen molar-refractivity contribution >= 4 is 29.1 Å². The summed E-state index contributed by atoms with van der Waals surface area (Å²) in [6.07, 6.45) is 0. The molecule has 0 aliphatic rings. The summed E-state index contributed by atoms with van der Waals surface area (Å²) in [5, 5.41) is 12.1. The fourth-order valence-electron chi connectivity index (χ4n) is 1.72. The average Bonchev–Trinajstić information content (AvgIpc) is 2.48. The maximum absolute atomic E-state index is 11.0. The van der Waals surface area contributed by atoms with E-state index < -0.39 is 5.97 Å². The number of carboxylic acids is 1. The molecule has 0 fully saturated rings. The lowest BCUT2D eigenvalue weighted by Gasteiger charge is -2.11. The van der Waals surface area contributed by atoms with Gasteiger partial charge in [0.15, 0.2) is 17.2 Å². The minimum Gasteiger partial charge on any atom is -0.493 e. The van der Waals surface area contributed by atoms with Crippen molar-refractivity contribution in [1.82, 2.24) is 4.98 Å². The first-order chi connectivity index (χ1) is 10.0. The summed E-state index contributed by atoms with van der Waals surface area (Å²) in [4.78, 5) is 14.9. The van der Waals surface area contributed by atoms with Crippen LogP contribution in [0.15, 0.2) is 30.3 Å². The van der Waals surface area contributed by atoms with Crippen molar-refractivity contribution in [2.45, 2.75) is 0 Å². The number of benzene rings is 1. The number of nitrogens with zero attached hydrogens (tertiary/aromatic N) is 1. The highest BCUT2D eigenvalue weighted by molar-refractivity contribution is 6.33. The van der Waals surface area contributed by atoms with Gasteiger partial charge in [0.05, 0.1) is 19.2 Å². The van der Waals surface area contributed by atoms with Crippen LogP contribution in [0.3, 0.4) is 0 Å². The number of methoxy groups -OCH3 is 2. The molecule has 0 atom stereocenters. The number of rotatable bonds is 5. The number of ether oxygens (including phenoxy) is 2. The van der Waals surface area contributed by atoms with Crippen LogP contribution in [-0.4, -0.2) is 30.3 Å². The van der Waals surface area contributed by atoms with Crippen molar-refractivity contribution in [3.05, 3.63) is 41.0 Å². The highest BCUT2D eigenvalue weighted by atomic mass is 35.5. The maximum Gasteiger partial charge on any atom is 0.356 e. The van der Waals surface area contributed by atoms with Gasteiger partial charge in [-0.1, -0.05) is 11.6 Å². The van der Waals surface area contributed by atoms with E-state index >= 15 is 0 Å². The summed E-state index contributed by atoms with van der Waals surface area (Å²) in [5.74, 6) is 0.327. The van der Waals surface area contributed by atoms with Crippen molar-refractivity contribution < 1.29 is 19.4 Å². The fraction of sp³-hybridized carbons (Fsp3) is 0.143. The number of carboxylic acid groups (broad SMARTS) is 1.